The molecular formula is C13H16ClN3. The Kier molecular flexibility index (Phi) is 2.79. The highest BCUT2D eigenvalue weighted by molar-refractivity contribution is 6.30. The van der Waals surface area contributed by atoms with Crippen LogP contribution in [0.15, 0.2) is 12.3 Å². The normalized spacial score (nSPS) is 17.8. The van der Waals surface area contributed by atoms with Gasteiger partial charge in [-0.2, -0.15) is 5.10 Å². The van der Waals surface area contributed by atoms with Gasteiger partial charge in [0.05, 0.1) is 6.20 Å². The molecule has 1 saturated carbocycles. The van der Waals surface area contributed by atoms with Crippen molar-refractivity contribution >= 4 is 17.2 Å². The van der Waals surface area contributed by atoms with Crippen molar-refractivity contribution in [2.45, 2.75) is 44.9 Å². The lowest BCUT2D eigenvalue weighted by molar-refractivity contribution is 0.440. The van der Waals surface area contributed by atoms with Gasteiger partial charge < -0.3 is 0 Å². The smallest absolute Gasteiger partial charge is 0.156 e. The lowest BCUT2D eigenvalue weighted by Crippen LogP contribution is -2.10. The third-order valence-corrected chi connectivity index (χ3v) is 4.08. The Hall–Kier alpha value is -1.09. The molecule has 0 bridgehead atoms. The summed E-state index contributed by atoms with van der Waals surface area (Å²) in [7, 11) is 0. The number of fused-ring (bicyclic) bond motifs is 1. The van der Waals surface area contributed by atoms with Crippen molar-refractivity contribution in [1.82, 2.24) is 14.6 Å². The minimum absolute atomic E-state index is 0.567. The van der Waals surface area contributed by atoms with Crippen LogP contribution in [-0.4, -0.2) is 14.6 Å². The maximum atomic E-state index is 6.48. The number of nitrogens with zero attached hydrogens (tertiary/aromatic N) is 3. The van der Waals surface area contributed by atoms with Gasteiger partial charge in [-0.15, -0.1) is 0 Å². The van der Waals surface area contributed by atoms with E-state index in [4.69, 9.17) is 11.6 Å². The predicted octanol–water partition coefficient (Wildman–Crippen LogP) is 3.74. The molecule has 0 saturated heterocycles. The molecule has 0 atom stereocenters. The summed E-state index contributed by atoms with van der Waals surface area (Å²) in [4.78, 5) is 4.59. The van der Waals surface area contributed by atoms with Gasteiger partial charge in [-0.3, -0.25) is 0 Å². The average Bonchev–Trinajstić information content (AvgIpc) is 2.78. The van der Waals surface area contributed by atoms with Crippen LogP contribution in [0.2, 0.25) is 5.15 Å². The van der Waals surface area contributed by atoms with E-state index in [-0.39, 0.29) is 0 Å². The van der Waals surface area contributed by atoms with Gasteiger partial charge in [0.2, 0.25) is 0 Å². The fourth-order valence-electron chi connectivity index (χ4n) is 2.88. The van der Waals surface area contributed by atoms with Crippen molar-refractivity contribution in [3.05, 3.63) is 28.7 Å². The molecule has 3 nitrogen and oxygen atoms in total. The summed E-state index contributed by atoms with van der Waals surface area (Å²) in [5.74, 6) is 0.567. The standard InChI is InChI=1S/C13H16ClN3/c1-9-12(10-5-3-2-4-6-10)13(14)17-11(16-9)7-8-15-17/h7-8,10H,2-6H2,1H3. The van der Waals surface area contributed by atoms with Crippen molar-refractivity contribution in [1.29, 1.82) is 0 Å². The third-order valence-electron chi connectivity index (χ3n) is 3.72. The molecule has 90 valence electrons. The first-order valence-corrected chi connectivity index (χ1v) is 6.65. The second kappa shape index (κ2) is 4.30. The molecule has 0 spiro atoms. The van der Waals surface area contributed by atoms with Crippen LogP contribution < -0.4 is 0 Å². The van der Waals surface area contributed by atoms with Gasteiger partial charge in [0, 0.05) is 17.3 Å². The van der Waals surface area contributed by atoms with E-state index in [0.717, 1.165) is 16.5 Å². The van der Waals surface area contributed by atoms with Crippen molar-refractivity contribution < 1.29 is 0 Å². The maximum Gasteiger partial charge on any atom is 0.156 e. The summed E-state index contributed by atoms with van der Waals surface area (Å²) < 4.78 is 1.75. The van der Waals surface area contributed by atoms with Crippen LogP contribution in [0.25, 0.3) is 5.65 Å². The van der Waals surface area contributed by atoms with Crippen LogP contribution in [0, 0.1) is 6.92 Å². The van der Waals surface area contributed by atoms with E-state index < -0.39 is 0 Å². The fraction of sp³-hybridized carbons (Fsp3) is 0.538. The van der Waals surface area contributed by atoms with Crippen LogP contribution in [0.4, 0.5) is 0 Å². The average molecular weight is 250 g/mol. The molecule has 2 heterocycles. The highest BCUT2D eigenvalue weighted by Gasteiger charge is 2.22. The monoisotopic (exact) mass is 249 g/mol. The molecule has 0 unspecified atom stereocenters. The highest BCUT2D eigenvalue weighted by Crippen LogP contribution is 2.37. The van der Waals surface area contributed by atoms with Crippen molar-refractivity contribution in [3.8, 4) is 0 Å². The van der Waals surface area contributed by atoms with Crippen LogP contribution in [-0.2, 0) is 0 Å². The molecule has 1 fully saturated rings. The topological polar surface area (TPSA) is 30.2 Å². The van der Waals surface area contributed by atoms with Gasteiger partial charge in [-0.05, 0) is 25.7 Å². The van der Waals surface area contributed by atoms with E-state index in [1.54, 1.807) is 10.7 Å². The largest absolute Gasteiger partial charge is 0.233 e. The number of aryl methyl sites for hydroxylation is 1. The van der Waals surface area contributed by atoms with Crippen molar-refractivity contribution in [3.63, 3.8) is 0 Å². The number of hydrogen-bond donors (Lipinski definition) is 0. The molecular weight excluding hydrogens is 234 g/mol. The van der Waals surface area contributed by atoms with E-state index in [9.17, 15) is 0 Å². The molecule has 0 radical (unpaired) electrons. The highest BCUT2D eigenvalue weighted by atomic mass is 35.5. The van der Waals surface area contributed by atoms with E-state index in [1.807, 2.05) is 6.07 Å². The zero-order valence-electron chi connectivity index (χ0n) is 9.99. The molecule has 1 aliphatic carbocycles. The summed E-state index contributed by atoms with van der Waals surface area (Å²) in [6.07, 6.45) is 8.17. The number of hydrogen-bond acceptors (Lipinski definition) is 2. The summed E-state index contributed by atoms with van der Waals surface area (Å²) >= 11 is 6.48. The molecule has 3 rings (SSSR count). The van der Waals surface area contributed by atoms with Gasteiger partial charge in [-0.1, -0.05) is 30.9 Å². The molecule has 0 N–H and O–H groups in total. The predicted molar refractivity (Wildman–Crippen MR) is 68.6 cm³/mol. The number of halogens is 1. The quantitative estimate of drug-likeness (QED) is 0.721. The van der Waals surface area contributed by atoms with Gasteiger partial charge in [0.1, 0.15) is 5.15 Å². The van der Waals surface area contributed by atoms with E-state index in [0.29, 0.717) is 5.92 Å². The Morgan fingerprint density at radius 3 is 2.82 bits per heavy atom. The minimum Gasteiger partial charge on any atom is -0.233 e. The second-order valence-corrected chi connectivity index (χ2v) is 5.20. The SMILES string of the molecule is Cc1nc2ccnn2c(Cl)c1C1CCCCC1. The van der Waals surface area contributed by atoms with Crippen LogP contribution in [0.5, 0.6) is 0 Å². The Bertz CT molecular complexity index is 541. The first-order chi connectivity index (χ1) is 8.27. The molecule has 0 aromatic carbocycles. The van der Waals surface area contributed by atoms with Crippen LogP contribution >= 0.6 is 11.6 Å². The first kappa shape index (κ1) is 11.0. The van der Waals surface area contributed by atoms with Gasteiger partial charge in [0.15, 0.2) is 5.65 Å². The maximum absolute atomic E-state index is 6.48. The molecule has 1 aliphatic rings. The van der Waals surface area contributed by atoms with Crippen molar-refractivity contribution in [2.75, 3.05) is 0 Å². The molecule has 0 amide bonds. The van der Waals surface area contributed by atoms with Gasteiger partial charge >= 0.3 is 0 Å². The first-order valence-electron chi connectivity index (χ1n) is 6.27. The molecule has 17 heavy (non-hydrogen) atoms. The van der Waals surface area contributed by atoms with E-state index in [1.165, 1.54) is 37.7 Å². The van der Waals surface area contributed by atoms with Gasteiger partial charge in [0.25, 0.3) is 0 Å². The lowest BCUT2D eigenvalue weighted by atomic mass is 9.84. The summed E-state index contributed by atoms with van der Waals surface area (Å²) in [6, 6.07) is 1.89. The number of rotatable bonds is 1. The van der Waals surface area contributed by atoms with Crippen LogP contribution in [0.1, 0.15) is 49.3 Å². The number of aromatic nitrogens is 3. The molecule has 0 aliphatic heterocycles. The Morgan fingerprint density at radius 1 is 1.29 bits per heavy atom. The van der Waals surface area contributed by atoms with E-state index in [2.05, 4.69) is 17.0 Å². The van der Waals surface area contributed by atoms with Gasteiger partial charge in [-0.25, -0.2) is 9.50 Å². The second-order valence-electron chi connectivity index (χ2n) is 4.84. The summed E-state index contributed by atoms with van der Waals surface area (Å²) in [5, 5.41) is 4.99. The molecule has 2 aromatic rings. The molecule has 2 aromatic heterocycles. The molecule has 4 heteroatoms. The Morgan fingerprint density at radius 2 is 2.06 bits per heavy atom. The fourth-order valence-corrected chi connectivity index (χ4v) is 3.30. The van der Waals surface area contributed by atoms with Crippen molar-refractivity contribution in [2.24, 2.45) is 0 Å². The lowest BCUT2D eigenvalue weighted by Gasteiger charge is -2.24. The zero-order valence-corrected chi connectivity index (χ0v) is 10.7. The summed E-state index contributed by atoms with van der Waals surface area (Å²) in [6.45, 7) is 2.06. The Balaban J connectivity index is 2.13. The Labute approximate surface area is 106 Å². The van der Waals surface area contributed by atoms with E-state index >= 15 is 0 Å². The minimum atomic E-state index is 0.567. The third kappa shape index (κ3) is 1.82. The van der Waals surface area contributed by atoms with Crippen LogP contribution in [0.3, 0.4) is 0 Å². The zero-order chi connectivity index (χ0) is 11.8. The summed E-state index contributed by atoms with van der Waals surface area (Å²) in [5.41, 5.74) is 3.12.